The first-order valence-electron chi connectivity index (χ1n) is 17.5. The zero-order valence-electron chi connectivity index (χ0n) is 30.5. The number of esters is 2. The molecule has 2 aromatic heterocycles. The minimum atomic E-state index is -0.243. The maximum Gasteiger partial charge on any atom is 0.305 e. The Bertz CT molecular complexity index is 1670. The van der Waals surface area contributed by atoms with Gasteiger partial charge in [-0.15, -0.1) is 0 Å². The van der Waals surface area contributed by atoms with Crippen molar-refractivity contribution in [3.8, 4) is 0 Å². The molecule has 2 aromatic rings. The standard InChI is InChI=1S/C41H52N4O4/c1-9-28-24-42-36(30(28)11-3)17-13-15-34-26(5)32(19-21-40(46)48-7)38(44-34)23-39-33(20-22-41(47)49-8)27(6)35(45-39)16-14-18-37-31(12-4)29(10-2)25-43-37/h13-18,24-25,44-45H,9-12,19-23H2,1-8H3/b15-13+,16-14+,36-17-,37-18-. The van der Waals surface area contributed by atoms with Gasteiger partial charge in [-0.3, -0.25) is 19.6 Å². The molecule has 0 radical (unpaired) electrons. The van der Waals surface area contributed by atoms with Crippen LogP contribution in [0.5, 0.6) is 0 Å². The van der Waals surface area contributed by atoms with Crippen LogP contribution in [-0.4, -0.2) is 48.6 Å². The molecule has 0 saturated carbocycles. The second kappa shape index (κ2) is 17.6. The van der Waals surface area contributed by atoms with E-state index < -0.39 is 0 Å². The summed E-state index contributed by atoms with van der Waals surface area (Å²) in [7, 11) is 2.84. The fraction of sp³-hybridized carbons (Fsp3) is 0.415. The number of carbonyl (C=O) groups excluding carboxylic acids is 2. The molecule has 8 heteroatoms. The topological polar surface area (TPSA) is 109 Å². The van der Waals surface area contributed by atoms with Crippen LogP contribution in [0.15, 0.2) is 68.0 Å². The predicted octanol–water partition coefficient (Wildman–Crippen LogP) is 8.96. The summed E-state index contributed by atoms with van der Waals surface area (Å²) >= 11 is 0. The minimum absolute atomic E-state index is 0.243. The van der Waals surface area contributed by atoms with Crippen LogP contribution >= 0.6 is 0 Å². The number of H-pyrrole nitrogens is 2. The van der Waals surface area contributed by atoms with Gasteiger partial charge in [-0.1, -0.05) is 39.8 Å². The number of rotatable bonds is 16. The number of ether oxygens (including phenoxy) is 2. The number of nitrogens with one attached hydrogen (secondary N) is 2. The normalized spacial score (nSPS) is 16.2. The number of nitrogens with zero attached hydrogens (tertiary/aromatic N) is 2. The average Bonchev–Trinajstić information content (AvgIpc) is 3.86. The number of hydrogen-bond acceptors (Lipinski definition) is 6. The Labute approximate surface area is 291 Å². The first kappa shape index (κ1) is 37.1. The summed E-state index contributed by atoms with van der Waals surface area (Å²) in [6.07, 6.45) is 22.4. The molecule has 8 nitrogen and oxygen atoms in total. The van der Waals surface area contributed by atoms with E-state index in [1.807, 2.05) is 24.6 Å². The van der Waals surface area contributed by atoms with Crippen molar-refractivity contribution in [3.05, 3.63) is 103 Å². The van der Waals surface area contributed by atoms with Crippen LogP contribution in [-0.2, 0) is 38.3 Å². The number of aromatic amines is 2. The number of methoxy groups -OCH3 is 2. The highest BCUT2D eigenvalue weighted by molar-refractivity contribution is 5.87. The molecule has 4 heterocycles. The quantitative estimate of drug-likeness (QED) is 0.175. The van der Waals surface area contributed by atoms with Crippen LogP contribution in [0.1, 0.15) is 111 Å². The lowest BCUT2D eigenvalue weighted by Crippen LogP contribution is -2.06. The van der Waals surface area contributed by atoms with E-state index in [1.54, 1.807) is 0 Å². The van der Waals surface area contributed by atoms with Gasteiger partial charge in [-0.05, 0) is 121 Å². The molecule has 0 aromatic carbocycles. The van der Waals surface area contributed by atoms with Crippen molar-refractivity contribution in [2.75, 3.05) is 14.2 Å². The number of aromatic nitrogens is 2. The first-order chi connectivity index (χ1) is 23.7. The van der Waals surface area contributed by atoms with Gasteiger partial charge in [0.15, 0.2) is 0 Å². The van der Waals surface area contributed by atoms with Gasteiger partial charge in [0.2, 0.25) is 0 Å². The Hall–Kier alpha value is -4.72. The number of allylic oxidation sites excluding steroid dienone is 8. The Kier molecular flexibility index (Phi) is 13.3. The van der Waals surface area contributed by atoms with Gasteiger partial charge in [-0.25, -0.2) is 0 Å². The van der Waals surface area contributed by atoms with E-state index in [9.17, 15) is 9.59 Å². The summed E-state index contributed by atoms with van der Waals surface area (Å²) in [5.41, 5.74) is 15.6. The third-order valence-corrected chi connectivity index (χ3v) is 9.60. The van der Waals surface area contributed by atoms with Gasteiger partial charge < -0.3 is 19.4 Å². The molecule has 2 N–H and O–H groups in total. The van der Waals surface area contributed by atoms with Crippen LogP contribution < -0.4 is 0 Å². The predicted molar refractivity (Wildman–Crippen MR) is 201 cm³/mol. The number of aliphatic imine (C=N–C) groups is 2. The minimum Gasteiger partial charge on any atom is -0.469 e. The third kappa shape index (κ3) is 8.85. The van der Waals surface area contributed by atoms with E-state index in [1.165, 1.54) is 36.5 Å². The largest absolute Gasteiger partial charge is 0.469 e. The van der Waals surface area contributed by atoms with E-state index in [4.69, 9.17) is 9.47 Å². The smallest absolute Gasteiger partial charge is 0.305 e. The van der Waals surface area contributed by atoms with E-state index in [0.29, 0.717) is 19.3 Å². The van der Waals surface area contributed by atoms with Gasteiger partial charge in [-0.2, -0.15) is 0 Å². The molecule has 0 spiro atoms. The van der Waals surface area contributed by atoms with Gasteiger partial charge >= 0.3 is 11.9 Å². The van der Waals surface area contributed by atoms with Crippen LogP contribution in [0.4, 0.5) is 0 Å². The summed E-state index contributed by atoms with van der Waals surface area (Å²) in [5, 5.41) is 0. The molecule has 49 heavy (non-hydrogen) atoms. The highest BCUT2D eigenvalue weighted by atomic mass is 16.5. The SMILES string of the molecule is CCC1=C(CC)/C(=C/C=C/c2[nH]c(Cc3[nH]c(/C=C/C=C4\N=CC(CC)=C4CC)c(C)c3CCC(=O)OC)c(CCC(=O)OC)c2C)N=C1. The monoisotopic (exact) mass is 664 g/mol. The van der Waals surface area contributed by atoms with Crippen molar-refractivity contribution in [1.82, 2.24) is 9.97 Å². The van der Waals surface area contributed by atoms with Crippen molar-refractivity contribution in [1.29, 1.82) is 0 Å². The average molecular weight is 665 g/mol. The maximum atomic E-state index is 12.2. The maximum absolute atomic E-state index is 12.2. The Morgan fingerprint density at radius 2 is 1.08 bits per heavy atom. The second-order valence-electron chi connectivity index (χ2n) is 12.3. The van der Waals surface area contributed by atoms with Gasteiger partial charge in [0.05, 0.1) is 25.6 Å². The van der Waals surface area contributed by atoms with E-state index in [2.05, 4.69) is 85.8 Å². The zero-order valence-corrected chi connectivity index (χ0v) is 30.5. The Balaban J connectivity index is 1.70. The molecule has 4 rings (SSSR count). The summed E-state index contributed by atoms with van der Waals surface area (Å²) in [6, 6.07) is 0. The molecule has 0 bridgehead atoms. The first-order valence-corrected chi connectivity index (χ1v) is 17.5. The van der Waals surface area contributed by atoms with Crippen molar-refractivity contribution in [2.24, 2.45) is 9.98 Å². The lowest BCUT2D eigenvalue weighted by Gasteiger charge is -2.08. The molecular weight excluding hydrogens is 612 g/mol. The van der Waals surface area contributed by atoms with E-state index in [-0.39, 0.29) is 24.8 Å². The van der Waals surface area contributed by atoms with E-state index in [0.717, 1.165) is 82.1 Å². The zero-order chi connectivity index (χ0) is 35.5. The molecular formula is C41H52N4O4. The van der Waals surface area contributed by atoms with Crippen molar-refractivity contribution < 1.29 is 19.1 Å². The summed E-state index contributed by atoms with van der Waals surface area (Å²) in [6.45, 7) is 12.8. The molecule has 2 aliphatic heterocycles. The van der Waals surface area contributed by atoms with Crippen LogP contribution in [0, 0.1) is 13.8 Å². The summed E-state index contributed by atoms with van der Waals surface area (Å²) in [5.74, 6) is -0.485. The highest BCUT2D eigenvalue weighted by Crippen LogP contribution is 2.30. The fourth-order valence-corrected chi connectivity index (χ4v) is 6.71. The summed E-state index contributed by atoms with van der Waals surface area (Å²) < 4.78 is 9.96. The van der Waals surface area contributed by atoms with Crippen molar-refractivity contribution in [2.45, 2.75) is 99.3 Å². The number of hydrogen-bond donors (Lipinski definition) is 2. The lowest BCUT2D eigenvalue weighted by molar-refractivity contribution is -0.141. The van der Waals surface area contributed by atoms with Gasteiger partial charge in [0.25, 0.3) is 0 Å². The molecule has 0 aliphatic carbocycles. The second-order valence-corrected chi connectivity index (χ2v) is 12.3. The van der Waals surface area contributed by atoms with Crippen LogP contribution in [0.25, 0.3) is 12.2 Å². The lowest BCUT2D eigenvalue weighted by atomic mass is 9.98. The van der Waals surface area contributed by atoms with Crippen LogP contribution in [0.3, 0.4) is 0 Å². The van der Waals surface area contributed by atoms with Crippen molar-refractivity contribution >= 4 is 36.5 Å². The van der Waals surface area contributed by atoms with Crippen LogP contribution in [0.2, 0.25) is 0 Å². The van der Waals surface area contributed by atoms with Crippen molar-refractivity contribution in [3.63, 3.8) is 0 Å². The molecule has 260 valence electrons. The van der Waals surface area contributed by atoms with Gasteiger partial charge in [0, 0.05) is 54.5 Å². The number of carbonyl (C=O) groups is 2. The third-order valence-electron chi connectivity index (χ3n) is 9.60. The molecule has 2 aliphatic rings. The molecule has 0 saturated heterocycles. The molecule has 0 atom stereocenters. The summed E-state index contributed by atoms with van der Waals surface area (Å²) in [4.78, 5) is 41.0. The van der Waals surface area contributed by atoms with Gasteiger partial charge in [0.1, 0.15) is 0 Å². The highest BCUT2D eigenvalue weighted by Gasteiger charge is 2.20. The molecule has 0 amide bonds. The Morgan fingerprint density at radius 3 is 1.43 bits per heavy atom. The van der Waals surface area contributed by atoms with E-state index >= 15 is 0 Å². The molecule has 0 unspecified atom stereocenters. The molecule has 0 fully saturated rings. The fourth-order valence-electron chi connectivity index (χ4n) is 6.71. The Morgan fingerprint density at radius 1 is 0.673 bits per heavy atom.